The molecule has 0 saturated carbocycles. The molecule has 0 amide bonds. The highest BCUT2D eigenvalue weighted by molar-refractivity contribution is 5.66. The standard InChI is InChI=1S/C18H34O3/c1-2-3-4-8-11-14-17(19)15-12-9-6-5-7-10-13-16-18(20)21/h11,14,17,19H,2-10,12-13,15-16H2,1H3,(H,20,21)/b14-11-/t17-/m1/s1. The molecule has 2 N–H and O–H groups in total. The zero-order valence-electron chi connectivity index (χ0n) is 13.7. The molecule has 3 heteroatoms. The first kappa shape index (κ1) is 20.2. The van der Waals surface area contributed by atoms with Crippen molar-refractivity contribution in [1.29, 1.82) is 0 Å². The molecule has 0 aliphatic rings. The summed E-state index contributed by atoms with van der Waals surface area (Å²) >= 11 is 0. The van der Waals surface area contributed by atoms with Gasteiger partial charge in [-0.3, -0.25) is 4.79 Å². The van der Waals surface area contributed by atoms with Crippen LogP contribution in [-0.4, -0.2) is 22.3 Å². The molecule has 0 aliphatic heterocycles. The van der Waals surface area contributed by atoms with E-state index < -0.39 is 5.97 Å². The second kappa shape index (κ2) is 15.6. The fourth-order valence-electron chi connectivity index (χ4n) is 2.38. The van der Waals surface area contributed by atoms with Crippen LogP contribution in [0.5, 0.6) is 0 Å². The molecule has 0 aromatic carbocycles. The van der Waals surface area contributed by atoms with E-state index in [0.29, 0.717) is 6.42 Å². The largest absolute Gasteiger partial charge is 0.481 e. The zero-order valence-corrected chi connectivity index (χ0v) is 13.7. The normalized spacial score (nSPS) is 12.9. The van der Waals surface area contributed by atoms with Crippen LogP contribution >= 0.6 is 0 Å². The van der Waals surface area contributed by atoms with Crippen LogP contribution in [0.3, 0.4) is 0 Å². The Balaban J connectivity index is 3.24. The second-order valence-electron chi connectivity index (χ2n) is 5.90. The maximum Gasteiger partial charge on any atom is 0.303 e. The van der Waals surface area contributed by atoms with Gasteiger partial charge in [-0.1, -0.05) is 70.4 Å². The van der Waals surface area contributed by atoms with Crippen molar-refractivity contribution in [3.63, 3.8) is 0 Å². The summed E-state index contributed by atoms with van der Waals surface area (Å²) in [5.41, 5.74) is 0. The summed E-state index contributed by atoms with van der Waals surface area (Å²) in [6.45, 7) is 2.20. The number of hydrogen-bond donors (Lipinski definition) is 2. The van der Waals surface area contributed by atoms with E-state index in [-0.39, 0.29) is 6.10 Å². The van der Waals surface area contributed by atoms with Crippen LogP contribution < -0.4 is 0 Å². The second-order valence-corrected chi connectivity index (χ2v) is 5.90. The number of carboxylic acids is 1. The zero-order chi connectivity index (χ0) is 15.8. The first-order valence-electron chi connectivity index (χ1n) is 8.73. The highest BCUT2D eigenvalue weighted by Gasteiger charge is 1.99. The summed E-state index contributed by atoms with van der Waals surface area (Å²) in [5.74, 6) is -0.688. The van der Waals surface area contributed by atoms with E-state index in [9.17, 15) is 9.90 Å². The number of carbonyl (C=O) groups is 1. The number of aliphatic hydroxyl groups is 1. The molecule has 0 aliphatic carbocycles. The smallest absolute Gasteiger partial charge is 0.303 e. The van der Waals surface area contributed by atoms with E-state index in [1.165, 1.54) is 38.5 Å². The molecule has 0 heterocycles. The lowest BCUT2D eigenvalue weighted by atomic mass is 10.0. The molecule has 21 heavy (non-hydrogen) atoms. The van der Waals surface area contributed by atoms with Crippen LogP contribution in [0.1, 0.15) is 90.4 Å². The topological polar surface area (TPSA) is 57.5 Å². The van der Waals surface area contributed by atoms with Crippen molar-refractivity contribution in [2.24, 2.45) is 0 Å². The van der Waals surface area contributed by atoms with Gasteiger partial charge >= 0.3 is 5.97 Å². The highest BCUT2D eigenvalue weighted by Crippen LogP contribution is 2.11. The van der Waals surface area contributed by atoms with Crippen LogP contribution in [0.2, 0.25) is 0 Å². The summed E-state index contributed by atoms with van der Waals surface area (Å²) in [4.78, 5) is 10.3. The third kappa shape index (κ3) is 17.1. The van der Waals surface area contributed by atoms with Gasteiger partial charge in [-0.15, -0.1) is 0 Å². The van der Waals surface area contributed by atoms with E-state index in [4.69, 9.17) is 5.11 Å². The number of hydrogen-bond acceptors (Lipinski definition) is 2. The number of carboxylic acid groups (broad SMARTS) is 1. The van der Waals surface area contributed by atoms with Gasteiger partial charge < -0.3 is 10.2 Å². The van der Waals surface area contributed by atoms with Crippen molar-refractivity contribution in [2.75, 3.05) is 0 Å². The third-order valence-corrected chi connectivity index (χ3v) is 3.72. The van der Waals surface area contributed by atoms with E-state index in [1.54, 1.807) is 0 Å². The summed E-state index contributed by atoms with van der Waals surface area (Å²) in [7, 11) is 0. The van der Waals surface area contributed by atoms with E-state index in [0.717, 1.165) is 38.5 Å². The quantitative estimate of drug-likeness (QED) is 0.327. The van der Waals surface area contributed by atoms with Crippen LogP contribution in [0.4, 0.5) is 0 Å². The molecule has 0 saturated heterocycles. The lowest BCUT2D eigenvalue weighted by Gasteiger charge is -2.05. The van der Waals surface area contributed by atoms with E-state index in [1.807, 2.05) is 6.08 Å². The maximum absolute atomic E-state index is 10.3. The van der Waals surface area contributed by atoms with Crippen molar-refractivity contribution in [3.05, 3.63) is 12.2 Å². The Morgan fingerprint density at radius 3 is 2.19 bits per heavy atom. The van der Waals surface area contributed by atoms with Crippen LogP contribution in [0, 0.1) is 0 Å². The fourth-order valence-corrected chi connectivity index (χ4v) is 2.38. The molecule has 3 nitrogen and oxygen atoms in total. The predicted molar refractivity (Wildman–Crippen MR) is 88.5 cm³/mol. The number of aliphatic hydroxyl groups excluding tert-OH is 1. The third-order valence-electron chi connectivity index (χ3n) is 3.72. The van der Waals surface area contributed by atoms with Crippen molar-refractivity contribution in [1.82, 2.24) is 0 Å². The average Bonchev–Trinajstić information content (AvgIpc) is 2.45. The number of rotatable bonds is 15. The van der Waals surface area contributed by atoms with Gasteiger partial charge in [0.1, 0.15) is 0 Å². The predicted octanol–water partition coefficient (Wildman–Crippen LogP) is 5.08. The first-order valence-corrected chi connectivity index (χ1v) is 8.73. The number of unbranched alkanes of at least 4 members (excludes halogenated alkanes) is 9. The molecule has 0 radical (unpaired) electrons. The molecule has 124 valence electrons. The molecule has 0 rings (SSSR count). The molecule has 0 fully saturated rings. The molecular formula is C18H34O3. The number of allylic oxidation sites excluding steroid dienone is 1. The van der Waals surface area contributed by atoms with Crippen LogP contribution in [-0.2, 0) is 4.79 Å². The molecule has 0 aromatic heterocycles. The Hall–Kier alpha value is -0.830. The summed E-state index contributed by atoms with van der Waals surface area (Å²) in [6, 6.07) is 0. The van der Waals surface area contributed by atoms with Gasteiger partial charge in [0.2, 0.25) is 0 Å². The monoisotopic (exact) mass is 298 g/mol. The van der Waals surface area contributed by atoms with Crippen LogP contribution in [0.25, 0.3) is 0 Å². The van der Waals surface area contributed by atoms with Gasteiger partial charge in [0.15, 0.2) is 0 Å². The Labute approximate surface area is 130 Å². The Morgan fingerprint density at radius 1 is 0.952 bits per heavy atom. The van der Waals surface area contributed by atoms with Gasteiger partial charge in [-0.2, -0.15) is 0 Å². The lowest BCUT2D eigenvalue weighted by molar-refractivity contribution is -0.137. The van der Waals surface area contributed by atoms with E-state index >= 15 is 0 Å². The minimum absolute atomic E-state index is 0.276. The maximum atomic E-state index is 10.3. The Morgan fingerprint density at radius 2 is 1.57 bits per heavy atom. The van der Waals surface area contributed by atoms with Gasteiger partial charge in [-0.25, -0.2) is 0 Å². The van der Waals surface area contributed by atoms with E-state index in [2.05, 4.69) is 13.0 Å². The van der Waals surface area contributed by atoms with Gasteiger partial charge in [0.25, 0.3) is 0 Å². The molecule has 0 spiro atoms. The first-order chi connectivity index (χ1) is 10.2. The minimum Gasteiger partial charge on any atom is -0.481 e. The van der Waals surface area contributed by atoms with Crippen molar-refractivity contribution >= 4 is 5.97 Å². The molecule has 0 unspecified atom stereocenters. The molecular weight excluding hydrogens is 264 g/mol. The minimum atomic E-state index is -0.688. The highest BCUT2D eigenvalue weighted by atomic mass is 16.4. The Bertz CT molecular complexity index is 261. The fraction of sp³-hybridized carbons (Fsp3) is 0.833. The average molecular weight is 298 g/mol. The number of aliphatic carboxylic acids is 1. The summed E-state index contributed by atoms with van der Waals surface area (Å²) in [5, 5.41) is 18.3. The summed E-state index contributed by atoms with van der Waals surface area (Å²) < 4.78 is 0. The van der Waals surface area contributed by atoms with Gasteiger partial charge in [0, 0.05) is 6.42 Å². The molecule has 1 atom stereocenters. The summed E-state index contributed by atoms with van der Waals surface area (Å²) in [6.07, 6.45) is 17.4. The van der Waals surface area contributed by atoms with Crippen molar-refractivity contribution in [3.8, 4) is 0 Å². The van der Waals surface area contributed by atoms with Crippen LogP contribution in [0.15, 0.2) is 12.2 Å². The van der Waals surface area contributed by atoms with Gasteiger partial charge in [-0.05, 0) is 25.7 Å². The lowest BCUT2D eigenvalue weighted by Crippen LogP contribution is -2.01. The van der Waals surface area contributed by atoms with Crippen molar-refractivity contribution < 1.29 is 15.0 Å². The Kier molecular flexibility index (Phi) is 14.9. The molecule has 0 bridgehead atoms. The van der Waals surface area contributed by atoms with Crippen molar-refractivity contribution in [2.45, 2.75) is 96.5 Å². The SMILES string of the molecule is CCCCC/C=C\[C@@H](O)CCCCCCCCCC(=O)O. The van der Waals surface area contributed by atoms with Gasteiger partial charge in [0.05, 0.1) is 6.10 Å². The molecule has 0 aromatic rings.